The van der Waals surface area contributed by atoms with Gasteiger partial charge in [0, 0.05) is 11.6 Å². The number of aromatic hydroxyl groups is 1. The predicted octanol–water partition coefficient (Wildman–Crippen LogP) is 1.96. The quantitative estimate of drug-likeness (QED) is 0.835. The minimum Gasteiger partial charge on any atom is -0.505 e. The van der Waals surface area contributed by atoms with Crippen LogP contribution in [0.4, 0.5) is 4.39 Å². The van der Waals surface area contributed by atoms with Crippen LogP contribution in [-0.2, 0) is 6.42 Å². The van der Waals surface area contributed by atoms with Gasteiger partial charge < -0.3 is 15.2 Å². The fourth-order valence-electron chi connectivity index (χ4n) is 1.34. The van der Waals surface area contributed by atoms with E-state index < -0.39 is 11.6 Å². The maximum atomic E-state index is 13.5. The average Bonchev–Trinajstić information content (AvgIpc) is 2.21. The van der Waals surface area contributed by atoms with Crippen molar-refractivity contribution in [1.29, 1.82) is 0 Å². The highest BCUT2D eigenvalue weighted by Crippen LogP contribution is 2.35. The summed E-state index contributed by atoms with van der Waals surface area (Å²) in [5.74, 6) is -0.847. The van der Waals surface area contributed by atoms with Crippen molar-refractivity contribution in [2.45, 2.75) is 6.42 Å². The Morgan fingerprint density at radius 3 is 2.80 bits per heavy atom. The second-order valence-corrected chi connectivity index (χ2v) is 3.46. The van der Waals surface area contributed by atoms with Gasteiger partial charge in [-0.1, -0.05) is 11.6 Å². The molecule has 1 aromatic rings. The second kappa shape index (κ2) is 5.19. The van der Waals surface area contributed by atoms with Crippen molar-refractivity contribution in [2.75, 3.05) is 20.7 Å². The number of hydrogen-bond acceptors (Lipinski definition) is 3. The molecule has 15 heavy (non-hydrogen) atoms. The number of methoxy groups -OCH3 is 1. The van der Waals surface area contributed by atoms with Crippen LogP contribution in [0.5, 0.6) is 11.5 Å². The molecule has 0 amide bonds. The van der Waals surface area contributed by atoms with Crippen LogP contribution in [0.2, 0.25) is 5.02 Å². The van der Waals surface area contributed by atoms with Gasteiger partial charge in [-0.05, 0) is 20.0 Å². The third-order valence-electron chi connectivity index (χ3n) is 2.07. The number of hydrogen-bond donors (Lipinski definition) is 2. The van der Waals surface area contributed by atoms with Gasteiger partial charge >= 0.3 is 0 Å². The Morgan fingerprint density at radius 2 is 2.27 bits per heavy atom. The van der Waals surface area contributed by atoms with E-state index >= 15 is 0 Å². The highest BCUT2D eigenvalue weighted by Gasteiger charge is 2.17. The van der Waals surface area contributed by atoms with E-state index in [1.165, 1.54) is 7.11 Å². The molecule has 0 saturated heterocycles. The number of rotatable bonds is 4. The number of phenolic OH excluding ortho intramolecular Hbond substituents is 1. The van der Waals surface area contributed by atoms with Gasteiger partial charge in [-0.25, -0.2) is 4.39 Å². The molecule has 84 valence electrons. The molecule has 1 aromatic carbocycles. The Kier molecular flexibility index (Phi) is 4.17. The van der Waals surface area contributed by atoms with Crippen molar-refractivity contribution in [2.24, 2.45) is 0 Å². The van der Waals surface area contributed by atoms with Gasteiger partial charge in [-0.2, -0.15) is 0 Å². The topological polar surface area (TPSA) is 41.5 Å². The Hall–Kier alpha value is -1.00. The van der Waals surface area contributed by atoms with Crippen LogP contribution in [0.3, 0.4) is 0 Å². The van der Waals surface area contributed by atoms with Gasteiger partial charge in [0.15, 0.2) is 11.6 Å². The molecule has 3 nitrogen and oxygen atoms in total. The van der Waals surface area contributed by atoms with Crippen molar-refractivity contribution in [3.63, 3.8) is 0 Å². The normalized spacial score (nSPS) is 10.4. The molecule has 2 N–H and O–H groups in total. The lowest BCUT2D eigenvalue weighted by Gasteiger charge is -2.12. The third kappa shape index (κ3) is 2.52. The Labute approximate surface area is 92.8 Å². The summed E-state index contributed by atoms with van der Waals surface area (Å²) >= 11 is 5.81. The van der Waals surface area contributed by atoms with E-state index in [0.717, 1.165) is 6.07 Å². The zero-order valence-electron chi connectivity index (χ0n) is 8.60. The van der Waals surface area contributed by atoms with Gasteiger partial charge in [0.05, 0.1) is 12.1 Å². The standard InChI is InChI=1S/C10H13ClFNO2/c1-13-4-3-6-9(12)8(14)5-7(11)10(6)15-2/h5,13-14H,3-4H2,1-2H3. The maximum Gasteiger partial charge on any atom is 0.171 e. The van der Waals surface area contributed by atoms with Crippen molar-refractivity contribution < 1.29 is 14.2 Å². The summed E-state index contributed by atoms with van der Waals surface area (Å²) in [6.07, 6.45) is 0.402. The molecule has 0 saturated carbocycles. The maximum absolute atomic E-state index is 13.5. The summed E-state index contributed by atoms with van der Waals surface area (Å²) < 4.78 is 18.5. The van der Waals surface area contributed by atoms with Crippen molar-refractivity contribution in [3.8, 4) is 11.5 Å². The monoisotopic (exact) mass is 233 g/mol. The van der Waals surface area contributed by atoms with E-state index in [2.05, 4.69) is 5.32 Å². The third-order valence-corrected chi connectivity index (χ3v) is 2.35. The highest BCUT2D eigenvalue weighted by molar-refractivity contribution is 6.32. The van der Waals surface area contributed by atoms with Crippen LogP contribution in [0.25, 0.3) is 0 Å². The fourth-order valence-corrected chi connectivity index (χ4v) is 1.64. The Balaban J connectivity index is 3.18. The van der Waals surface area contributed by atoms with Crippen LogP contribution in [0.1, 0.15) is 5.56 Å². The molecular formula is C10H13ClFNO2. The van der Waals surface area contributed by atoms with E-state index in [-0.39, 0.29) is 16.3 Å². The highest BCUT2D eigenvalue weighted by atomic mass is 35.5. The first-order chi connectivity index (χ1) is 7.11. The molecule has 0 aliphatic carbocycles. The van der Waals surface area contributed by atoms with Gasteiger partial charge in [-0.3, -0.25) is 0 Å². The summed E-state index contributed by atoms with van der Waals surface area (Å²) in [5, 5.41) is 12.4. The van der Waals surface area contributed by atoms with E-state index in [0.29, 0.717) is 13.0 Å². The summed E-state index contributed by atoms with van der Waals surface area (Å²) in [6.45, 7) is 0.576. The van der Waals surface area contributed by atoms with Crippen molar-refractivity contribution >= 4 is 11.6 Å². The molecule has 0 atom stereocenters. The van der Waals surface area contributed by atoms with Gasteiger partial charge in [-0.15, -0.1) is 0 Å². The predicted molar refractivity (Wildman–Crippen MR) is 57.3 cm³/mol. The molecule has 0 radical (unpaired) electrons. The number of nitrogens with one attached hydrogen (secondary N) is 1. The fraction of sp³-hybridized carbons (Fsp3) is 0.400. The molecule has 0 aromatic heterocycles. The van der Waals surface area contributed by atoms with Gasteiger partial charge in [0.2, 0.25) is 0 Å². The van der Waals surface area contributed by atoms with Crippen LogP contribution in [0, 0.1) is 5.82 Å². The molecule has 0 unspecified atom stereocenters. The smallest absolute Gasteiger partial charge is 0.171 e. The number of phenols is 1. The number of benzene rings is 1. The Bertz CT molecular complexity index is 358. The molecule has 0 spiro atoms. The van der Waals surface area contributed by atoms with E-state index in [1.54, 1.807) is 7.05 Å². The first-order valence-electron chi connectivity index (χ1n) is 4.50. The second-order valence-electron chi connectivity index (χ2n) is 3.06. The summed E-state index contributed by atoms with van der Waals surface area (Å²) in [7, 11) is 3.18. The number of ether oxygens (including phenoxy) is 1. The average molecular weight is 234 g/mol. The van der Waals surface area contributed by atoms with Crippen LogP contribution >= 0.6 is 11.6 Å². The molecule has 0 bridgehead atoms. The van der Waals surface area contributed by atoms with E-state index in [1.807, 2.05) is 0 Å². The molecule has 0 aliphatic heterocycles. The lowest BCUT2D eigenvalue weighted by atomic mass is 10.1. The summed E-state index contributed by atoms with van der Waals surface area (Å²) in [6, 6.07) is 1.14. The van der Waals surface area contributed by atoms with Gasteiger partial charge in [0.1, 0.15) is 5.75 Å². The largest absolute Gasteiger partial charge is 0.505 e. The lowest BCUT2D eigenvalue weighted by Crippen LogP contribution is -2.12. The van der Waals surface area contributed by atoms with E-state index in [4.69, 9.17) is 16.3 Å². The van der Waals surface area contributed by atoms with Crippen LogP contribution < -0.4 is 10.1 Å². The van der Waals surface area contributed by atoms with Gasteiger partial charge in [0.25, 0.3) is 0 Å². The molecule has 0 fully saturated rings. The number of halogens is 2. The minimum atomic E-state index is -0.675. The Morgan fingerprint density at radius 1 is 1.60 bits per heavy atom. The molecular weight excluding hydrogens is 221 g/mol. The molecule has 5 heteroatoms. The van der Waals surface area contributed by atoms with Crippen molar-refractivity contribution in [1.82, 2.24) is 5.32 Å². The SMILES string of the molecule is CNCCc1c(F)c(O)cc(Cl)c1OC. The first kappa shape index (κ1) is 12.1. The molecule has 0 aliphatic rings. The summed E-state index contributed by atoms with van der Waals surface area (Å²) in [5.41, 5.74) is 0.289. The van der Waals surface area contributed by atoms with Crippen molar-refractivity contribution in [3.05, 3.63) is 22.5 Å². The molecule has 0 heterocycles. The van der Waals surface area contributed by atoms with Crippen LogP contribution in [0.15, 0.2) is 6.07 Å². The summed E-state index contributed by atoms with van der Waals surface area (Å²) in [4.78, 5) is 0. The van der Waals surface area contributed by atoms with Crippen LogP contribution in [-0.4, -0.2) is 25.8 Å². The zero-order chi connectivity index (χ0) is 11.4. The first-order valence-corrected chi connectivity index (χ1v) is 4.88. The lowest BCUT2D eigenvalue weighted by molar-refractivity contribution is 0.390. The minimum absolute atomic E-state index is 0.211. The zero-order valence-corrected chi connectivity index (χ0v) is 9.36. The number of likely N-dealkylation sites (N-methyl/N-ethyl adjacent to an activating group) is 1. The van der Waals surface area contributed by atoms with E-state index in [9.17, 15) is 9.50 Å². The molecule has 1 rings (SSSR count).